The average molecular weight is 476 g/mol. The molecule has 0 atom stereocenters. The van der Waals surface area contributed by atoms with Crippen LogP contribution in [0.5, 0.6) is 5.75 Å². The lowest BCUT2D eigenvalue weighted by atomic mass is 10.1. The van der Waals surface area contributed by atoms with Crippen molar-refractivity contribution in [3.8, 4) is 5.75 Å². The topological polar surface area (TPSA) is 85.9 Å². The molecule has 7 nitrogen and oxygen atoms in total. The predicted octanol–water partition coefficient (Wildman–Crippen LogP) is 5.12. The second-order valence-corrected chi connectivity index (χ2v) is 7.28. The number of anilines is 2. The van der Waals surface area contributed by atoms with Crippen LogP contribution in [0.25, 0.3) is 0 Å². The van der Waals surface area contributed by atoms with Gasteiger partial charge < -0.3 is 24.8 Å². The van der Waals surface area contributed by atoms with Crippen molar-refractivity contribution in [3.63, 3.8) is 0 Å². The summed E-state index contributed by atoms with van der Waals surface area (Å²) in [5.41, 5.74) is 0.914. The Morgan fingerprint density at radius 2 is 1.61 bits per heavy atom. The molecule has 0 unspecified atom stereocenters. The molecule has 0 aliphatic heterocycles. The van der Waals surface area contributed by atoms with Gasteiger partial charge >= 0.3 is 18.3 Å². The smallest absolute Gasteiger partial charge is 0.462 e. The number of hydrogen-bond donors (Lipinski definition) is 2. The lowest BCUT2D eigenvalue weighted by Crippen LogP contribution is -2.20. The molecule has 12 heteroatoms. The first-order chi connectivity index (χ1) is 14.6. The molecule has 0 amide bonds. The molecule has 0 bridgehead atoms. The number of alkyl halides is 3. The number of thiocarbonyl (C=S) groups is 1. The lowest BCUT2D eigenvalue weighted by Gasteiger charge is -2.12. The molecule has 2 rings (SSSR count). The van der Waals surface area contributed by atoms with Gasteiger partial charge in [0.05, 0.1) is 18.8 Å². The summed E-state index contributed by atoms with van der Waals surface area (Å²) in [6.45, 7) is 5.21. The molecule has 1 heterocycles. The highest BCUT2D eigenvalue weighted by molar-refractivity contribution is 7.80. The fourth-order valence-corrected chi connectivity index (χ4v) is 3.82. The van der Waals surface area contributed by atoms with Gasteiger partial charge in [-0.3, -0.25) is 0 Å². The van der Waals surface area contributed by atoms with E-state index in [1.165, 1.54) is 12.1 Å². The average Bonchev–Trinajstić information content (AvgIpc) is 2.98. The monoisotopic (exact) mass is 476 g/mol. The van der Waals surface area contributed by atoms with Crippen molar-refractivity contribution in [1.29, 1.82) is 0 Å². The summed E-state index contributed by atoms with van der Waals surface area (Å²) < 4.78 is 50.6. The normalized spacial score (nSPS) is 10.9. The standard InChI is InChI=1S/C19H19F3N2O5S2/c1-4-27-16(25)13-10(3)14(17(26)28-5-2)31-15(13)24-18(30)23-11-6-8-12(9-7-11)29-19(20,21)22/h6-9H,4-5H2,1-3H3,(H2,23,24,30). The Morgan fingerprint density at radius 1 is 1.03 bits per heavy atom. The van der Waals surface area contributed by atoms with Gasteiger partial charge in [-0.25, -0.2) is 9.59 Å². The van der Waals surface area contributed by atoms with Gasteiger partial charge in [0.15, 0.2) is 5.11 Å². The van der Waals surface area contributed by atoms with Crippen LogP contribution in [-0.4, -0.2) is 36.6 Å². The van der Waals surface area contributed by atoms with Gasteiger partial charge in [0, 0.05) is 5.69 Å². The molecule has 0 radical (unpaired) electrons. The number of halogens is 3. The number of ether oxygens (including phenoxy) is 3. The highest BCUT2D eigenvalue weighted by Gasteiger charge is 2.31. The number of thiophene rings is 1. The summed E-state index contributed by atoms with van der Waals surface area (Å²) in [6, 6.07) is 4.92. The summed E-state index contributed by atoms with van der Waals surface area (Å²) in [7, 11) is 0. The largest absolute Gasteiger partial charge is 0.573 e. The first-order valence-electron chi connectivity index (χ1n) is 8.97. The minimum atomic E-state index is -4.79. The minimum Gasteiger partial charge on any atom is -0.462 e. The first-order valence-corrected chi connectivity index (χ1v) is 10.2. The summed E-state index contributed by atoms with van der Waals surface area (Å²) >= 11 is 6.20. The van der Waals surface area contributed by atoms with E-state index in [9.17, 15) is 22.8 Å². The second kappa shape index (κ2) is 10.4. The van der Waals surface area contributed by atoms with E-state index in [2.05, 4.69) is 15.4 Å². The van der Waals surface area contributed by atoms with Gasteiger partial charge in [0.2, 0.25) is 0 Å². The van der Waals surface area contributed by atoms with Crippen LogP contribution >= 0.6 is 23.6 Å². The van der Waals surface area contributed by atoms with E-state index in [1.807, 2.05) is 0 Å². The lowest BCUT2D eigenvalue weighted by molar-refractivity contribution is -0.274. The van der Waals surface area contributed by atoms with E-state index in [0.29, 0.717) is 11.3 Å². The minimum absolute atomic E-state index is 0.0479. The molecule has 0 fully saturated rings. The number of benzene rings is 1. The third-order valence-electron chi connectivity index (χ3n) is 3.66. The predicted molar refractivity (Wildman–Crippen MR) is 114 cm³/mol. The van der Waals surface area contributed by atoms with E-state index >= 15 is 0 Å². The van der Waals surface area contributed by atoms with E-state index < -0.39 is 18.3 Å². The van der Waals surface area contributed by atoms with Crippen molar-refractivity contribution in [2.45, 2.75) is 27.1 Å². The van der Waals surface area contributed by atoms with Gasteiger partial charge in [-0.2, -0.15) is 0 Å². The van der Waals surface area contributed by atoms with Crippen LogP contribution in [0.2, 0.25) is 0 Å². The summed E-state index contributed by atoms with van der Waals surface area (Å²) in [6.07, 6.45) is -4.79. The van der Waals surface area contributed by atoms with Crippen LogP contribution in [0, 0.1) is 6.92 Å². The highest BCUT2D eigenvalue weighted by Crippen LogP contribution is 2.34. The molecule has 1 aromatic heterocycles. The molecule has 1 aromatic carbocycles. The van der Waals surface area contributed by atoms with Gasteiger partial charge in [0.25, 0.3) is 0 Å². The SMILES string of the molecule is CCOC(=O)c1sc(NC(=S)Nc2ccc(OC(F)(F)F)cc2)c(C(=O)OCC)c1C. The maximum absolute atomic E-state index is 12.4. The molecule has 0 saturated carbocycles. The Kier molecular flexibility index (Phi) is 8.22. The van der Waals surface area contributed by atoms with Crippen LogP contribution < -0.4 is 15.4 Å². The summed E-state index contributed by atoms with van der Waals surface area (Å²) in [5, 5.41) is 5.93. The Morgan fingerprint density at radius 3 is 2.16 bits per heavy atom. The molecule has 2 N–H and O–H groups in total. The third kappa shape index (κ3) is 6.82. The maximum atomic E-state index is 12.4. The fraction of sp³-hybridized carbons (Fsp3) is 0.316. The van der Waals surface area contributed by atoms with E-state index in [-0.39, 0.29) is 39.5 Å². The number of rotatable bonds is 7. The number of esters is 2. The number of carbonyl (C=O) groups is 2. The third-order valence-corrected chi connectivity index (χ3v) is 5.05. The van der Waals surface area contributed by atoms with E-state index in [0.717, 1.165) is 23.5 Å². The molecule has 0 spiro atoms. The van der Waals surface area contributed by atoms with Gasteiger partial charge in [-0.05, 0) is 62.8 Å². The van der Waals surface area contributed by atoms with Crippen molar-refractivity contribution < 1.29 is 37.0 Å². The Hall–Kier alpha value is -2.86. The number of nitrogens with one attached hydrogen (secondary N) is 2. The molecule has 168 valence electrons. The van der Waals surface area contributed by atoms with Crippen LogP contribution in [-0.2, 0) is 9.47 Å². The van der Waals surface area contributed by atoms with Crippen LogP contribution in [0.3, 0.4) is 0 Å². The number of carbonyl (C=O) groups excluding carboxylic acids is 2. The fourth-order valence-electron chi connectivity index (χ4n) is 2.45. The van der Waals surface area contributed by atoms with Crippen LogP contribution in [0.15, 0.2) is 24.3 Å². The van der Waals surface area contributed by atoms with Crippen LogP contribution in [0.4, 0.5) is 23.9 Å². The van der Waals surface area contributed by atoms with Gasteiger partial charge in [-0.15, -0.1) is 24.5 Å². The summed E-state index contributed by atoms with van der Waals surface area (Å²) in [5.74, 6) is -1.59. The Bertz CT molecular complexity index is 959. The van der Waals surface area contributed by atoms with Gasteiger partial charge in [0.1, 0.15) is 15.6 Å². The molecular formula is C19H19F3N2O5S2. The molecule has 2 aromatic rings. The van der Waals surface area contributed by atoms with Crippen molar-refractivity contribution in [2.75, 3.05) is 23.8 Å². The second-order valence-electron chi connectivity index (χ2n) is 5.85. The zero-order chi connectivity index (χ0) is 23.2. The molecule has 0 aliphatic rings. The van der Waals surface area contributed by atoms with Crippen molar-refractivity contribution in [3.05, 3.63) is 40.3 Å². The molecule has 0 saturated heterocycles. The van der Waals surface area contributed by atoms with E-state index in [4.69, 9.17) is 21.7 Å². The van der Waals surface area contributed by atoms with Crippen molar-refractivity contribution in [2.24, 2.45) is 0 Å². The highest BCUT2D eigenvalue weighted by atomic mass is 32.1. The van der Waals surface area contributed by atoms with Crippen molar-refractivity contribution in [1.82, 2.24) is 0 Å². The van der Waals surface area contributed by atoms with Gasteiger partial charge in [-0.1, -0.05) is 0 Å². The summed E-state index contributed by atoms with van der Waals surface area (Å²) in [4.78, 5) is 24.8. The quantitative estimate of drug-likeness (QED) is 0.421. The first kappa shape index (κ1) is 24.4. The van der Waals surface area contributed by atoms with Crippen LogP contribution in [0.1, 0.15) is 39.4 Å². The van der Waals surface area contributed by atoms with E-state index in [1.54, 1.807) is 20.8 Å². The molecular weight excluding hydrogens is 457 g/mol. The zero-order valence-corrected chi connectivity index (χ0v) is 18.3. The molecule has 0 aliphatic carbocycles. The zero-order valence-electron chi connectivity index (χ0n) is 16.7. The maximum Gasteiger partial charge on any atom is 0.573 e. The van der Waals surface area contributed by atoms with Crippen molar-refractivity contribution >= 4 is 51.3 Å². The molecule has 31 heavy (non-hydrogen) atoms. The number of hydrogen-bond acceptors (Lipinski definition) is 7. The Labute approximate surface area is 185 Å². The Balaban J connectivity index is 2.20.